The fourth-order valence-electron chi connectivity index (χ4n) is 3.79. The van der Waals surface area contributed by atoms with E-state index in [4.69, 9.17) is 0 Å². The van der Waals surface area contributed by atoms with E-state index >= 15 is 0 Å². The van der Waals surface area contributed by atoms with Crippen LogP contribution in [0.2, 0.25) is 0 Å². The molecule has 1 aliphatic heterocycles. The van der Waals surface area contributed by atoms with Crippen LogP contribution in [0.15, 0.2) is 24.5 Å². The number of carbonyl (C=O) groups excluding carboxylic acids is 1. The molecule has 0 spiro atoms. The van der Waals surface area contributed by atoms with Crippen molar-refractivity contribution >= 4 is 22.5 Å². The monoisotopic (exact) mass is 384 g/mol. The van der Waals surface area contributed by atoms with E-state index < -0.39 is 10.8 Å². The van der Waals surface area contributed by atoms with Gasteiger partial charge in [0.25, 0.3) is 0 Å². The summed E-state index contributed by atoms with van der Waals surface area (Å²) in [6.45, 7) is 4.96. The van der Waals surface area contributed by atoms with Crippen molar-refractivity contribution in [3.8, 4) is 11.3 Å². The first-order valence-electron chi connectivity index (χ1n) is 9.29. The summed E-state index contributed by atoms with van der Waals surface area (Å²) < 4.78 is 11.2. The molecule has 2 aromatic rings. The Kier molecular flexibility index (Phi) is 4.95. The highest BCUT2D eigenvalue weighted by Gasteiger charge is 2.25. The highest BCUT2D eigenvalue weighted by Crippen LogP contribution is 2.36. The highest BCUT2D eigenvalue weighted by atomic mass is 32.2. The Morgan fingerprint density at radius 1 is 1.11 bits per heavy atom. The summed E-state index contributed by atoms with van der Waals surface area (Å²) in [6, 6.07) is 4.34. The number of fused-ring (bicyclic) bond motifs is 3. The van der Waals surface area contributed by atoms with E-state index in [1.54, 1.807) is 6.26 Å². The molecule has 1 atom stereocenters. The maximum absolute atomic E-state index is 12.2. The molecule has 1 unspecified atom stereocenters. The molecule has 0 saturated carbocycles. The Bertz CT molecular complexity index is 907. The first-order valence-corrected chi connectivity index (χ1v) is 11.0. The van der Waals surface area contributed by atoms with Crippen LogP contribution in [0.5, 0.6) is 0 Å². The maximum Gasteiger partial charge on any atom is 0.223 e. The molecule has 0 bridgehead atoms. The average molecular weight is 385 g/mol. The lowest BCUT2D eigenvalue weighted by Crippen LogP contribution is -2.49. The number of anilines is 1. The van der Waals surface area contributed by atoms with Gasteiger partial charge < -0.3 is 9.80 Å². The second kappa shape index (κ2) is 7.38. The van der Waals surface area contributed by atoms with Crippen molar-refractivity contribution in [3.05, 3.63) is 41.2 Å². The molecule has 2 aromatic heterocycles. The molecule has 6 nitrogen and oxygen atoms in total. The van der Waals surface area contributed by atoms with Crippen LogP contribution in [-0.4, -0.2) is 63.2 Å². The zero-order valence-electron chi connectivity index (χ0n) is 15.8. The van der Waals surface area contributed by atoms with E-state index in [0.29, 0.717) is 25.3 Å². The number of aromatic nitrogens is 2. The predicted molar refractivity (Wildman–Crippen MR) is 107 cm³/mol. The molecule has 1 fully saturated rings. The minimum atomic E-state index is -0.921. The normalized spacial score (nSPS) is 16.8. The molecule has 4 rings (SSSR count). The fourth-order valence-corrected chi connectivity index (χ4v) is 4.26. The van der Waals surface area contributed by atoms with Crippen LogP contribution < -0.4 is 4.90 Å². The van der Waals surface area contributed by atoms with Crippen molar-refractivity contribution in [2.45, 2.75) is 19.8 Å². The molecule has 3 heterocycles. The van der Waals surface area contributed by atoms with Crippen LogP contribution >= 0.6 is 0 Å². The van der Waals surface area contributed by atoms with Crippen LogP contribution in [-0.2, 0) is 22.0 Å². The Morgan fingerprint density at radius 2 is 1.89 bits per heavy atom. The van der Waals surface area contributed by atoms with Gasteiger partial charge in [-0.3, -0.25) is 14.0 Å². The Balaban J connectivity index is 1.44. The van der Waals surface area contributed by atoms with E-state index in [2.05, 4.69) is 33.9 Å². The molecule has 1 amide bonds. The molecule has 0 radical (unpaired) electrons. The van der Waals surface area contributed by atoms with Gasteiger partial charge in [-0.2, -0.15) is 0 Å². The van der Waals surface area contributed by atoms with E-state index in [0.717, 1.165) is 31.0 Å². The van der Waals surface area contributed by atoms with Gasteiger partial charge in [0, 0.05) is 79.8 Å². The number of carbonyl (C=O) groups is 1. The molecule has 0 N–H and O–H groups in total. The molecule has 0 aromatic carbocycles. The predicted octanol–water partition coefficient (Wildman–Crippen LogP) is 1.77. The molecule has 27 heavy (non-hydrogen) atoms. The van der Waals surface area contributed by atoms with Crippen LogP contribution in [0.4, 0.5) is 5.82 Å². The number of nitrogens with zero attached hydrogens (tertiary/aromatic N) is 4. The van der Waals surface area contributed by atoms with Crippen LogP contribution in [0.25, 0.3) is 11.3 Å². The van der Waals surface area contributed by atoms with Gasteiger partial charge in [-0.05, 0) is 29.7 Å². The van der Waals surface area contributed by atoms with Gasteiger partial charge in [0.15, 0.2) is 0 Å². The summed E-state index contributed by atoms with van der Waals surface area (Å²) in [5, 5.41) is 0. The Labute approximate surface area is 162 Å². The van der Waals surface area contributed by atoms with Gasteiger partial charge in [0.05, 0.1) is 5.69 Å². The third kappa shape index (κ3) is 3.74. The zero-order valence-corrected chi connectivity index (χ0v) is 16.6. The van der Waals surface area contributed by atoms with Crippen molar-refractivity contribution in [1.82, 2.24) is 14.9 Å². The van der Waals surface area contributed by atoms with Crippen LogP contribution in [0, 0.1) is 6.92 Å². The number of pyridine rings is 2. The Morgan fingerprint density at radius 3 is 2.63 bits per heavy atom. The third-order valence-corrected chi connectivity index (χ3v) is 6.05. The van der Waals surface area contributed by atoms with E-state index in [1.165, 1.54) is 22.3 Å². The van der Waals surface area contributed by atoms with Gasteiger partial charge in [-0.1, -0.05) is 6.07 Å². The summed E-state index contributed by atoms with van der Waals surface area (Å²) in [5.74, 6) is 1.49. The quantitative estimate of drug-likeness (QED) is 0.686. The fraction of sp³-hybridized carbons (Fsp3) is 0.450. The van der Waals surface area contributed by atoms with Gasteiger partial charge in [0.1, 0.15) is 5.82 Å². The van der Waals surface area contributed by atoms with Gasteiger partial charge in [-0.25, -0.2) is 4.98 Å². The van der Waals surface area contributed by atoms with Crippen molar-refractivity contribution < 1.29 is 9.00 Å². The van der Waals surface area contributed by atoms with Crippen LogP contribution in [0.3, 0.4) is 0 Å². The van der Waals surface area contributed by atoms with Gasteiger partial charge in [-0.15, -0.1) is 0 Å². The summed E-state index contributed by atoms with van der Waals surface area (Å²) in [5.41, 5.74) is 5.93. The van der Waals surface area contributed by atoms with Crippen LogP contribution in [0.1, 0.15) is 23.1 Å². The Hall–Kier alpha value is -2.28. The van der Waals surface area contributed by atoms with E-state index in [-0.39, 0.29) is 5.91 Å². The van der Waals surface area contributed by atoms with Gasteiger partial charge in [0.2, 0.25) is 5.91 Å². The SMILES string of the molecule is Cc1cnc2c(c1)Cc1cnc(N3CCN(C(=O)CCS(C)=O)CC3)cc1-2. The summed E-state index contributed by atoms with van der Waals surface area (Å²) in [7, 11) is -0.921. The first kappa shape index (κ1) is 18.1. The first-order chi connectivity index (χ1) is 13.0. The highest BCUT2D eigenvalue weighted by molar-refractivity contribution is 7.84. The summed E-state index contributed by atoms with van der Waals surface area (Å²) in [4.78, 5) is 25.6. The third-order valence-electron chi connectivity index (χ3n) is 5.27. The lowest BCUT2D eigenvalue weighted by molar-refractivity contribution is -0.131. The molecule has 142 valence electrons. The van der Waals surface area contributed by atoms with Gasteiger partial charge >= 0.3 is 0 Å². The minimum absolute atomic E-state index is 0.0975. The molecule has 7 heteroatoms. The zero-order chi connectivity index (χ0) is 19.0. The lowest BCUT2D eigenvalue weighted by Gasteiger charge is -2.35. The summed E-state index contributed by atoms with van der Waals surface area (Å²) in [6.07, 6.45) is 6.78. The van der Waals surface area contributed by atoms with E-state index in [9.17, 15) is 9.00 Å². The average Bonchev–Trinajstić information content (AvgIpc) is 3.02. The van der Waals surface area contributed by atoms with E-state index in [1.807, 2.05) is 17.3 Å². The van der Waals surface area contributed by atoms with Crippen molar-refractivity contribution in [1.29, 1.82) is 0 Å². The number of hydrogen-bond acceptors (Lipinski definition) is 5. The molecule has 1 aliphatic carbocycles. The lowest BCUT2D eigenvalue weighted by atomic mass is 10.1. The smallest absolute Gasteiger partial charge is 0.223 e. The largest absolute Gasteiger partial charge is 0.353 e. The van der Waals surface area contributed by atoms with Crippen molar-refractivity contribution in [3.63, 3.8) is 0 Å². The molecule has 2 aliphatic rings. The number of amides is 1. The second-order valence-electron chi connectivity index (χ2n) is 7.29. The number of hydrogen-bond donors (Lipinski definition) is 0. The van der Waals surface area contributed by atoms with Crippen molar-refractivity contribution in [2.24, 2.45) is 0 Å². The maximum atomic E-state index is 12.2. The van der Waals surface area contributed by atoms with Crippen molar-refractivity contribution in [2.75, 3.05) is 43.1 Å². The number of rotatable bonds is 4. The standard InChI is InChI=1S/C20H24N4O2S/c1-14-9-15-10-16-13-21-18(11-17(16)20(15)22-12-14)23-4-6-24(7-5-23)19(25)3-8-27(2)26/h9,11-13H,3-8,10H2,1-2H3. The molecule has 1 saturated heterocycles. The second-order valence-corrected chi connectivity index (χ2v) is 8.85. The summed E-state index contributed by atoms with van der Waals surface area (Å²) >= 11 is 0. The molecular formula is C20H24N4O2S. The minimum Gasteiger partial charge on any atom is -0.353 e. The molecular weight excluding hydrogens is 360 g/mol. The number of aryl methyl sites for hydroxylation is 1. The topological polar surface area (TPSA) is 66.4 Å². The number of piperazine rings is 1.